The van der Waals surface area contributed by atoms with Gasteiger partial charge in [-0.3, -0.25) is 9.59 Å². The summed E-state index contributed by atoms with van der Waals surface area (Å²) in [5.41, 5.74) is 0.855. The highest BCUT2D eigenvalue weighted by Gasteiger charge is 2.20. The molecule has 2 aromatic heterocycles. The number of hydrogen-bond acceptors (Lipinski definition) is 5. The van der Waals surface area contributed by atoms with Gasteiger partial charge in [0, 0.05) is 17.6 Å². The smallest absolute Gasteiger partial charge is 0.292 e. The molecule has 0 unspecified atom stereocenters. The Morgan fingerprint density at radius 3 is 2.84 bits per heavy atom. The molecule has 7 nitrogen and oxygen atoms in total. The summed E-state index contributed by atoms with van der Waals surface area (Å²) in [7, 11) is 0. The van der Waals surface area contributed by atoms with Crippen molar-refractivity contribution < 1.29 is 9.32 Å². The van der Waals surface area contributed by atoms with Crippen LogP contribution in [0.5, 0.6) is 0 Å². The number of aromatic amines is 1. The van der Waals surface area contributed by atoms with Gasteiger partial charge in [-0.05, 0) is 31.5 Å². The molecule has 0 saturated carbocycles. The number of rotatable bonds is 5. The first-order valence-corrected chi connectivity index (χ1v) is 8.26. The molecule has 2 heterocycles. The lowest BCUT2D eigenvalue weighted by molar-refractivity contribution is 0.0696. The number of amides is 1. The predicted octanol–water partition coefficient (Wildman–Crippen LogP) is 2.93. The maximum Gasteiger partial charge on any atom is 0.292 e. The van der Waals surface area contributed by atoms with E-state index in [0.717, 1.165) is 6.42 Å². The van der Waals surface area contributed by atoms with Gasteiger partial charge >= 0.3 is 0 Å². The third-order valence-electron chi connectivity index (χ3n) is 3.68. The Morgan fingerprint density at radius 2 is 2.16 bits per heavy atom. The van der Waals surface area contributed by atoms with Crippen molar-refractivity contribution >= 4 is 28.4 Å². The number of hydrogen-bond donors (Lipinski definition) is 1. The minimum absolute atomic E-state index is 0.157. The molecule has 3 rings (SSSR count). The number of H-pyrrole nitrogens is 1. The summed E-state index contributed by atoms with van der Waals surface area (Å²) in [6.07, 6.45) is 0.752. The van der Waals surface area contributed by atoms with Crippen LogP contribution in [0.25, 0.3) is 10.9 Å². The van der Waals surface area contributed by atoms with Crippen LogP contribution in [0.3, 0.4) is 0 Å². The topological polar surface area (TPSA) is 92.1 Å². The van der Waals surface area contributed by atoms with Gasteiger partial charge in [-0.15, -0.1) is 0 Å². The molecule has 0 radical (unpaired) electrons. The Kier molecular flexibility index (Phi) is 4.85. The van der Waals surface area contributed by atoms with Crippen LogP contribution in [-0.2, 0) is 6.54 Å². The van der Waals surface area contributed by atoms with Gasteiger partial charge in [0.1, 0.15) is 5.82 Å². The highest BCUT2D eigenvalue weighted by atomic mass is 35.5. The molecular weight excluding hydrogens is 344 g/mol. The Balaban J connectivity index is 1.93. The summed E-state index contributed by atoms with van der Waals surface area (Å²) in [4.78, 5) is 33.5. The van der Waals surface area contributed by atoms with E-state index in [0.29, 0.717) is 34.0 Å². The summed E-state index contributed by atoms with van der Waals surface area (Å²) in [5, 5.41) is 4.69. The highest BCUT2D eigenvalue weighted by Crippen LogP contribution is 2.16. The first kappa shape index (κ1) is 17.2. The Bertz CT molecular complexity index is 979. The van der Waals surface area contributed by atoms with Gasteiger partial charge in [-0.25, -0.2) is 4.98 Å². The third kappa shape index (κ3) is 3.71. The third-order valence-corrected chi connectivity index (χ3v) is 3.91. The number of fused-ring (bicyclic) bond motifs is 1. The van der Waals surface area contributed by atoms with Crippen LogP contribution < -0.4 is 5.56 Å². The van der Waals surface area contributed by atoms with Crippen molar-refractivity contribution in [3.8, 4) is 0 Å². The lowest BCUT2D eigenvalue weighted by Crippen LogP contribution is -2.32. The Morgan fingerprint density at radius 1 is 1.36 bits per heavy atom. The molecule has 0 fully saturated rings. The highest BCUT2D eigenvalue weighted by molar-refractivity contribution is 6.31. The van der Waals surface area contributed by atoms with Crippen molar-refractivity contribution in [1.29, 1.82) is 0 Å². The van der Waals surface area contributed by atoms with E-state index in [9.17, 15) is 9.59 Å². The van der Waals surface area contributed by atoms with Crippen LogP contribution in [0.15, 0.2) is 33.6 Å². The van der Waals surface area contributed by atoms with Crippen LogP contribution in [0.4, 0.5) is 0 Å². The quantitative estimate of drug-likeness (QED) is 0.755. The number of nitrogens with zero attached hydrogens (tertiary/aromatic N) is 3. The average Bonchev–Trinajstić information content (AvgIpc) is 3.00. The van der Waals surface area contributed by atoms with E-state index in [2.05, 4.69) is 15.1 Å². The maximum absolute atomic E-state index is 12.6. The number of aromatic nitrogens is 3. The molecule has 0 aliphatic rings. The van der Waals surface area contributed by atoms with Gasteiger partial charge in [0.25, 0.3) is 11.5 Å². The second kappa shape index (κ2) is 7.06. The number of aryl methyl sites for hydroxylation is 1. The van der Waals surface area contributed by atoms with E-state index in [1.807, 2.05) is 6.92 Å². The van der Waals surface area contributed by atoms with Gasteiger partial charge in [0.05, 0.1) is 23.1 Å². The van der Waals surface area contributed by atoms with E-state index in [1.54, 1.807) is 36.1 Å². The average molecular weight is 361 g/mol. The molecule has 0 saturated heterocycles. The molecule has 1 N–H and O–H groups in total. The first-order valence-electron chi connectivity index (χ1n) is 7.89. The van der Waals surface area contributed by atoms with Gasteiger partial charge < -0.3 is 14.4 Å². The summed E-state index contributed by atoms with van der Waals surface area (Å²) < 4.78 is 5.05. The van der Waals surface area contributed by atoms with Crippen molar-refractivity contribution in [2.75, 3.05) is 6.54 Å². The van der Waals surface area contributed by atoms with Gasteiger partial charge in [0.15, 0.2) is 0 Å². The number of carbonyl (C=O) groups excluding carboxylic acids is 1. The molecule has 130 valence electrons. The monoisotopic (exact) mass is 360 g/mol. The minimum atomic E-state index is -0.295. The van der Waals surface area contributed by atoms with Crippen molar-refractivity contribution in [2.24, 2.45) is 0 Å². The normalized spacial score (nSPS) is 11.0. The van der Waals surface area contributed by atoms with Crippen molar-refractivity contribution in [3.05, 3.63) is 56.9 Å². The maximum atomic E-state index is 12.6. The van der Waals surface area contributed by atoms with E-state index in [1.165, 1.54) is 0 Å². The zero-order valence-corrected chi connectivity index (χ0v) is 14.6. The molecule has 0 aliphatic heterocycles. The number of nitrogens with one attached hydrogen (secondary N) is 1. The van der Waals surface area contributed by atoms with Crippen LogP contribution in [0, 0.1) is 6.92 Å². The second-order valence-corrected chi connectivity index (χ2v) is 6.17. The van der Waals surface area contributed by atoms with Crippen molar-refractivity contribution in [3.63, 3.8) is 0 Å². The van der Waals surface area contributed by atoms with E-state index in [4.69, 9.17) is 16.1 Å². The fourth-order valence-corrected chi connectivity index (χ4v) is 2.73. The second-order valence-electron chi connectivity index (χ2n) is 5.73. The Hall–Kier alpha value is -2.67. The number of halogens is 1. The minimum Gasteiger partial charge on any atom is -0.351 e. The van der Waals surface area contributed by atoms with Crippen LogP contribution >= 0.6 is 11.6 Å². The molecular formula is C17H17ClN4O3. The lowest BCUT2D eigenvalue weighted by atomic mass is 10.2. The molecule has 0 bridgehead atoms. The molecule has 25 heavy (non-hydrogen) atoms. The Labute approximate surface area is 148 Å². The molecule has 8 heteroatoms. The summed E-state index contributed by atoms with van der Waals surface area (Å²) >= 11 is 5.98. The lowest BCUT2D eigenvalue weighted by Gasteiger charge is -2.20. The molecule has 0 atom stereocenters. The first-order chi connectivity index (χ1) is 12.0. The van der Waals surface area contributed by atoms with Crippen molar-refractivity contribution in [1.82, 2.24) is 20.0 Å². The van der Waals surface area contributed by atoms with Gasteiger partial charge in [-0.1, -0.05) is 23.7 Å². The molecule has 1 amide bonds. The van der Waals surface area contributed by atoms with E-state index < -0.39 is 0 Å². The predicted molar refractivity (Wildman–Crippen MR) is 93.6 cm³/mol. The van der Waals surface area contributed by atoms with Crippen LogP contribution in [0.2, 0.25) is 5.02 Å². The zero-order chi connectivity index (χ0) is 18.0. The van der Waals surface area contributed by atoms with Crippen LogP contribution in [-0.4, -0.2) is 32.5 Å². The standard InChI is InChI=1S/C17H17ClN4O3/c1-3-6-22(17(24)14-7-10(2)21-25-14)9-15-19-13-8-11(18)4-5-12(13)16(23)20-15/h4-5,7-8H,3,6,9H2,1-2H3,(H,19,20,23). The fraction of sp³-hybridized carbons (Fsp3) is 0.294. The summed E-state index contributed by atoms with van der Waals surface area (Å²) in [5.74, 6) is 0.256. The number of carbonyl (C=O) groups is 1. The summed E-state index contributed by atoms with van der Waals surface area (Å²) in [6, 6.07) is 6.47. The fourth-order valence-electron chi connectivity index (χ4n) is 2.56. The van der Waals surface area contributed by atoms with E-state index in [-0.39, 0.29) is 23.8 Å². The zero-order valence-electron chi connectivity index (χ0n) is 13.9. The number of benzene rings is 1. The SMILES string of the molecule is CCCN(Cc1nc2cc(Cl)ccc2c(=O)[nH]1)C(=O)c1cc(C)no1. The summed E-state index contributed by atoms with van der Waals surface area (Å²) in [6.45, 7) is 4.36. The van der Waals surface area contributed by atoms with E-state index >= 15 is 0 Å². The molecule has 0 spiro atoms. The van der Waals surface area contributed by atoms with Gasteiger partial charge in [-0.2, -0.15) is 0 Å². The molecule has 0 aliphatic carbocycles. The molecule has 1 aromatic carbocycles. The molecule has 3 aromatic rings. The van der Waals surface area contributed by atoms with Crippen LogP contribution in [0.1, 0.15) is 35.4 Å². The van der Waals surface area contributed by atoms with Crippen molar-refractivity contribution in [2.45, 2.75) is 26.8 Å². The largest absolute Gasteiger partial charge is 0.351 e. The van der Waals surface area contributed by atoms with Gasteiger partial charge in [0.2, 0.25) is 5.76 Å².